The van der Waals surface area contributed by atoms with E-state index in [2.05, 4.69) is 19.2 Å². The highest BCUT2D eigenvalue weighted by molar-refractivity contribution is 5.74. The van der Waals surface area contributed by atoms with Crippen LogP contribution in [0.4, 0.5) is 4.79 Å². The summed E-state index contributed by atoms with van der Waals surface area (Å²) in [5, 5.41) is 12.9. The molecule has 0 radical (unpaired) electrons. The Balaban J connectivity index is 2.70. The third kappa shape index (κ3) is 5.48. The molecule has 1 aliphatic heterocycles. The fraction of sp³-hybridized carbons (Fsp3) is 0.875. The zero-order chi connectivity index (χ0) is 16.9. The van der Waals surface area contributed by atoms with Crippen molar-refractivity contribution in [1.29, 1.82) is 0 Å². The van der Waals surface area contributed by atoms with E-state index in [4.69, 9.17) is 4.74 Å². The van der Waals surface area contributed by atoms with Crippen LogP contribution in [0.25, 0.3) is 0 Å². The summed E-state index contributed by atoms with van der Waals surface area (Å²) < 4.78 is 5.34. The van der Waals surface area contributed by atoms with Crippen LogP contribution in [-0.4, -0.2) is 52.8 Å². The second-order valence-electron chi connectivity index (χ2n) is 6.95. The van der Waals surface area contributed by atoms with Gasteiger partial charge in [0, 0.05) is 25.2 Å². The van der Waals surface area contributed by atoms with Crippen molar-refractivity contribution < 1.29 is 19.4 Å². The van der Waals surface area contributed by atoms with Gasteiger partial charge < -0.3 is 20.1 Å². The SMILES string of the molecule is CCC(CC)NC1CCN(C(=O)OC(C)(C)C)CC1C(=O)O. The maximum absolute atomic E-state index is 12.1. The summed E-state index contributed by atoms with van der Waals surface area (Å²) in [6.45, 7) is 10.3. The number of carbonyl (C=O) groups excluding carboxylic acids is 1. The quantitative estimate of drug-likeness (QED) is 0.815. The zero-order valence-electron chi connectivity index (χ0n) is 14.4. The molecule has 2 N–H and O–H groups in total. The van der Waals surface area contributed by atoms with Crippen LogP contribution < -0.4 is 5.32 Å². The second-order valence-corrected chi connectivity index (χ2v) is 6.95. The molecule has 0 aromatic rings. The van der Waals surface area contributed by atoms with Crippen LogP contribution in [-0.2, 0) is 9.53 Å². The van der Waals surface area contributed by atoms with Gasteiger partial charge >= 0.3 is 12.1 Å². The molecule has 0 aliphatic carbocycles. The number of piperidine rings is 1. The Bertz CT molecular complexity index is 388. The Labute approximate surface area is 133 Å². The van der Waals surface area contributed by atoms with Crippen molar-refractivity contribution >= 4 is 12.1 Å². The van der Waals surface area contributed by atoms with E-state index in [-0.39, 0.29) is 12.6 Å². The number of rotatable bonds is 5. The topological polar surface area (TPSA) is 78.9 Å². The van der Waals surface area contributed by atoms with Crippen LogP contribution >= 0.6 is 0 Å². The Kier molecular flexibility index (Phi) is 6.66. The number of carboxylic acids is 1. The molecule has 2 atom stereocenters. The Morgan fingerprint density at radius 1 is 1.32 bits per heavy atom. The van der Waals surface area contributed by atoms with Gasteiger partial charge in [0.05, 0.1) is 5.92 Å². The van der Waals surface area contributed by atoms with Crippen LogP contribution in [0.2, 0.25) is 0 Å². The van der Waals surface area contributed by atoms with Crippen molar-refractivity contribution in [3.63, 3.8) is 0 Å². The fourth-order valence-corrected chi connectivity index (χ4v) is 2.72. The van der Waals surface area contributed by atoms with Gasteiger partial charge in [0.2, 0.25) is 0 Å². The summed E-state index contributed by atoms with van der Waals surface area (Å²) in [5.74, 6) is -1.46. The van der Waals surface area contributed by atoms with Crippen LogP contribution in [0, 0.1) is 5.92 Å². The molecule has 1 rings (SSSR count). The van der Waals surface area contributed by atoms with Crippen molar-refractivity contribution in [2.75, 3.05) is 13.1 Å². The number of carboxylic acid groups (broad SMARTS) is 1. The lowest BCUT2D eigenvalue weighted by Crippen LogP contribution is -2.56. The number of amides is 1. The molecule has 1 fully saturated rings. The van der Waals surface area contributed by atoms with E-state index in [1.54, 1.807) is 20.8 Å². The molecule has 0 spiro atoms. The molecule has 22 heavy (non-hydrogen) atoms. The number of nitrogens with zero attached hydrogens (tertiary/aromatic N) is 1. The molecule has 0 saturated carbocycles. The largest absolute Gasteiger partial charge is 0.481 e. The number of aliphatic carboxylic acids is 1. The average Bonchev–Trinajstić information content (AvgIpc) is 2.42. The number of ether oxygens (including phenoxy) is 1. The molecule has 0 aromatic carbocycles. The van der Waals surface area contributed by atoms with Crippen molar-refractivity contribution in [3.8, 4) is 0 Å². The first-order chi connectivity index (χ1) is 10.2. The van der Waals surface area contributed by atoms with Crippen LogP contribution in [0.1, 0.15) is 53.9 Å². The number of likely N-dealkylation sites (tertiary alicyclic amines) is 1. The lowest BCUT2D eigenvalue weighted by Gasteiger charge is -2.38. The van der Waals surface area contributed by atoms with E-state index >= 15 is 0 Å². The van der Waals surface area contributed by atoms with Crippen molar-refractivity contribution in [2.24, 2.45) is 5.92 Å². The first-order valence-electron chi connectivity index (χ1n) is 8.14. The van der Waals surface area contributed by atoms with Crippen molar-refractivity contribution in [2.45, 2.75) is 71.6 Å². The smallest absolute Gasteiger partial charge is 0.410 e. The van der Waals surface area contributed by atoms with E-state index in [0.29, 0.717) is 19.0 Å². The molecule has 2 unspecified atom stereocenters. The highest BCUT2D eigenvalue weighted by atomic mass is 16.6. The molecular weight excluding hydrogens is 284 g/mol. The minimum Gasteiger partial charge on any atom is -0.481 e. The van der Waals surface area contributed by atoms with Gasteiger partial charge in [0.1, 0.15) is 5.60 Å². The first kappa shape index (κ1) is 18.7. The normalized spacial score (nSPS) is 22.7. The van der Waals surface area contributed by atoms with E-state index in [0.717, 1.165) is 12.8 Å². The maximum Gasteiger partial charge on any atom is 0.410 e. The van der Waals surface area contributed by atoms with Gasteiger partial charge in [-0.05, 0) is 40.0 Å². The molecule has 6 heteroatoms. The van der Waals surface area contributed by atoms with Gasteiger partial charge in [-0.25, -0.2) is 4.79 Å². The third-order valence-corrected chi connectivity index (χ3v) is 4.02. The number of hydrogen-bond donors (Lipinski definition) is 2. The molecule has 1 amide bonds. The fourth-order valence-electron chi connectivity index (χ4n) is 2.72. The van der Waals surface area contributed by atoms with Crippen molar-refractivity contribution in [1.82, 2.24) is 10.2 Å². The Morgan fingerprint density at radius 3 is 2.36 bits per heavy atom. The van der Waals surface area contributed by atoms with Gasteiger partial charge in [0.25, 0.3) is 0 Å². The molecule has 0 aromatic heterocycles. The van der Waals surface area contributed by atoms with E-state index in [1.165, 1.54) is 4.90 Å². The number of hydrogen-bond acceptors (Lipinski definition) is 4. The summed E-state index contributed by atoms with van der Waals surface area (Å²) in [5.41, 5.74) is -0.569. The maximum atomic E-state index is 12.1. The van der Waals surface area contributed by atoms with Crippen LogP contribution in [0.5, 0.6) is 0 Å². The van der Waals surface area contributed by atoms with Gasteiger partial charge in [-0.15, -0.1) is 0 Å². The molecule has 1 saturated heterocycles. The van der Waals surface area contributed by atoms with Crippen LogP contribution in [0.3, 0.4) is 0 Å². The molecule has 6 nitrogen and oxygen atoms in total. The zero-order valence-corrected chi connectivity index (χ0v) is 14.4. The Hall–Kier alpha value is -1.30. The highest BCUT2D eigenvalue weighted by Crippen LogP contribution is 2.21. The third-order valence-electron chi connectivity index (χ3n) is 4.02. The highest BCUT2D eigenvalue weighted by Gasteiger charge is 2.37. The van der Waals surface area contributed by atoms with Crippen LogP contribution in [0.15, 0.2) is 0 Å². The summed E-state index contributed by atoms with van der Waals surface area (Å²) in [7, 11) is 0. The second kappa shape index (κ2) is 7.81. The van der Waals surface area contributed by atoms with Crippen molar-refractivity contribution in [3.05, 3.63) is 0 Å². The first-order valence-corrected chi connectivity index (χ1v) is 8.14. The van der Waals surface area contributed by atoms with E-state index < -0.39 is 23.6 Å². The van der Waals surface area contributed by atoms with Gasteiger partial charge in [-0.3, -0.25) is 4.79 Å². The molecule has 0 bridgehead atoms. The van der Waals surface area contributed by atoms with E-state index in [9.17, 15) is 14.7 Å². The average molecular weight is 314 g/mol. The Morgan fingerprint density at radius 2 is 1.91 bits per heavy atom. The van der Waals surface area contributed by atoms with Gasteiger partial charge in [-0.1, -0.05) is 13.8 Å². The monoisotopic (exact) mass is 314 g/mol. The minimum atomic E-state index is -0.864. The lowest BCUT2D eigenvalue weighted by atomic mass is 9.91. The standard InChI is InChI=1S/C16H30N2O4/c1-6-11(7-2)17-13-8-9-18(10-12(13)14(19)20)15(21)22-16(3,4)5/h11-13,17H,6-10H2,1-5H3,(H,19,20). The van der Waals surface area contributed by atoms with E-state index in [1.807, 2.05) is 0 Å². The van der Waals surface area contributed by atoms with Gasteiger partial charge in [-0.2, -0.15) is 0 Å². The molecular formula is C16H30N2O4. The summed E-state index contributed by atoms with van der Waals surface area (Å²) >= 11 is 0. The molecule has 1 heterocycles. The van der Waals surface area contributed by atoms with Gasteiger partial charge in [0.15, 0.2) is 0 Å². The summed E-state index contributed by atoms with van der Waals surface area (Å²) in [4.78, 5) is 25.2. The number of carbonyl (C=O) groups is 2. The predicted octanol–water partition coefficient (Wildman–Crippen LogP) is 2.47. The molecule has 1 aliphatic rings. The summed E-state index contributed by atoms with van der Waals surface area (Å²) in [6.07, 6.45) is 2.14. The molecule has 128 valence electrons. The number of nitrogens with one attached hydrogen (secondary N) is 1. The predicted molar refractivity (Wildman–Crippen MR) is 84.8 cm³/mol. The minimum absolute atomic E-state index is 0.0962. The summed E-state index contributed by atoms with van der Waals surface area (Å²) in [6, 6.07) is 0.223. The lowest BCUT2D eigenvalue weighted by molar-refractivity contribution is -0.144.